The molecule has 0 aromatic heterocycles. The molecule has 0 aliphatic heterocycles. The van der Waals surface area contributed by atoms with E-state index in [9.17, 15) is 12.8 Å². The second-order valence-electron chi connectivity index (χ2n) is 3.53. The number of halogens is 1. The van der Waals surface area contributed by atoms with Crippen molar-refractivity contribution in [2.45, 2.75) is 13.3 Å². The minimum absolute atomic E-state index is 0.0279. The van der Waals surface area contributed by atoms with Gasteiger partial charge in [0.25, 0.3) is 0 Å². The highest BCUT2D eigenvalue weighted by Crippen LogP contribution is 2.15. The molecule has 1 aromatic carbocycles. The molecule has 0 radical (unpaired) electrons. The van der Waals surface area contributed by atoms with Gasteiger partial charge in [0.2, 0.25) is 10.0 Å². The smallest absolute Gasteiger partial charge is 0.232 e. The minimum Gasteiger partial charge on any atom is -0.330 e. The van der Waals surface area contributed by atoms with Crippen LogP contribution in [0, 0.1) is 12.7 Å². The molecule has 0 heterocycles. The summed E-state index contributed by atoms with van der Waals surface area (Å²) in [5.74, 6) is -0.384. The number of nitrogens with two attached hydrogens (primary N) is 1. The highest BCUT2D eigenvalue weighted by molar-refractivity contribution is 7.92. The van der Waals surface area contributed by atoms with Crippen molar-refractivity contribution in [3.63, 3.8) is 0 Å². The molecule has 1 aromatic rings. The molecule has 0 saturated heterocycles. The number of rotatable bonds is 5. The fourth-order valence-corrected chi connectivity index (χ4v) is 2.35. The Hall–Kier alpha value is -1.14. The molecule has 6 heteroatoms. The number of benzene rings is 1. The largest absolute Gasteiger partial charge is 0.330 e. The Morgan fingerprint density at radius 2 is 2.12 bits per heavy atom. The van der Waals surface area contributed by atoms with E-state index >= 15 is 0 Å². The third-order valence-corrected chi connectivity index (χ3v) is 3.42. The minimum atomic E-state index is -3.38. The van der Waals surface area contributed by atoms with Crippen molar-refractivity contribution in [2.75, 3.05) is 17.0 Å². The molecular formula is C10H15FN2O2S. The molecule has 0 aliphatic rings. The highest BCUT2D eigenvalue weighted by atomic mass is 32.2. The van der Waals surface area contributed by atoms with Crippen molar-refractivity contribution in [1.82, 2.24) is 0 Å². The molecule has 3 N–H and O–H groups in total. The van der Waals surface area contributed by atoms with Crippen LogP contribution in [-0.2, 0) is 10.0 Å². The van der Waals surface area contributed by atoms with Gasteiger partial charge < -0.3 is 5.73 Å². The van der Waals surface area contributed by atoms with Gasteiger partial charge in [0, 0.05) is 5.69 Å². The Bertz CT molecular complexity index is 460. The van der Waals surface area contributed by atoms with Gasteiger partial charge in [-0.05, 0) is 43.7 Å². The Morgan fingerprint density at radius 1 is 1.44 bits per heavy atom. The molecule has 4 nitrogen and oxygen atoms in total. The summed E-state index contributed by atoms with van der Waals surface area (Å²) in [6, 6.07) is 4.08. The average Bonchev–Trinajstić information content (AvgIpc) is 2.20. The lowest BCUT2D eigenvalue weighted by Gasteiger charge is -2.08. The fraction of sp³-hybridized carbons (Fsp3) is 0.400. The zero-order valence-electron chi connectivity index (χ0n) is 9.03. The quantitative estimate of drug-likeness (QED) is 0.820. The third kappa shape index (κ3) is 3.79. The zero-order valence-corrected chi connectivity index (χ0v) is 9.85. The van der Waals surface area contributed by atoms with Crippen LogP contribution < -0.4 is 10.5 Å². The van der Waals surface area contributed by atoms with E-state index in [0.29, 0.717) is 24.2 Å². The van der Waals surface area contributed by atoms with E-state index in [2.05, 4.69) is 4.72 Å². The Balaban J connectivity index is 2.76. The maximum Gasteiger partial charge on any atom is 0.232 e. The second kappa shape index (κ2) is 5.27. The summed E-state index contributed by atoms with van der Waals surface area (Å²) < 4.78 is 38.3. The van der Waals surface area contributed by atoms with Gasteiger partial charge in [0.1, 0.15) is 5.82 Å². The van der Waals surface area contributed by atoms with Crippen molar-refractivity contribution >= 4 is 15.7 Å². The van der Waals surface area contributed by atoms with Crippen LogP contribution >= 0.6 is 0 Å². The van der Waals surface area contributed by atoms with Crippen LogP contribution in [0.4, 0.5) is 10.1 Å². The van der Waals surface area contributed by atoms with Gasteiger partial charge in [-0.1, -0.05) is 0 Å². The zero-order chi connectivity index (χ0) is 12.2. The van der Waals surface area contributed by atoms with Crippen LogP contribution in [0.3, 0.4) is 0 Å². The normalized spacial score (nSPS) is 11.4. The molecule has 1 rings (SSSR count). The maximum absolute atomic E-state index is 12.9. The van der Waals surface area contributed by atoms with Crippen molar-refractivity contribution < 1.29 is 12.8 Å². The van der Waals surface area contributed by atoms with Gasteiger partial charge in [-0.15, -0.1) is 0 Å². The molecule has 0 bridgehead atoms. The molecule has 90 valence electrons. The fourth-order valence-electron chi connectivity index (χ4n) is 1.21. The number of hydrogen-bond donors (Lipinski definition) is 2. The van der Waals surface area contributed by atoms with Crippen molar-refractivity contribution in [1.29, 1.82) is 0 Å². The van der Waals surface area contributed by atoms with Crippen LogP contribution in [0.1, 0.15) is 12.0 Å². The molecule has 0 aliphatic carbocycles. The first kappa shape index (κ1) is 12.9. The van der Waals surface area contributed by atoms with E-state index in [4.69, 9.17) is 5.73 Å². The number of aryl methyl sites for hydroxylation is 1. The molecular weight excluding hydrogens is 231 g/mol. The van der Waals surface area contributed by atoms with Gasteiger partial charge in [0.05, 0.1) is 5.75 Å². The molecule has 0 atom stereocenters. The van der Waals surface area contributed by atoms with E-state index in [0.717, 1.165) is 0 Å². The molecule has 16 heavy (non-hydrogen) atoms. The van der Waals surface area contributed by atoms with Crippen molar-refractivity contribution in [2.24, 2.45) is 5.73 Å². The van der Waals surface area contributed by atoms with E-state index in [-0.39, 0.29) is 11.6 Å². The lowest BCUT2D eigenvalue weighted by Crippen LogP contribution is -2.19. The van der Waals surface area contributed by atoms with Gasteiger partial charge in [-0.25, -0.2) is 12.8 Å². The SMILES string of the molecule is Cc1cc(NS(=O)(=O)CCCN)ccc1F. The van der Waals surface area contributed by atoms with Crippen LogP contribution in [0.25, 0.3) is 0 Å². The lowest BCUT2D eigenvalue weighted by atomic mass is 10.2. The first-order valence-corrected chi connectivity index (χ1v) is 6.56. The summed E-state index contributed by atoms with van der Waals surface area (Å²) in [6.07, 6.45) is 0.398. The predicted molar refractivity (Wildman–Crippen MR) is 62.2 cm³/mol. The molecule has 0 amide bonds. The lowest BCUT2D eigenvalue weighted by molar-refractivity contribution is 0.598. The van der Waals surface area contributed by atoms with E-state index in [1.54, 1.807) is 6.92 Å². The number of anilines is 1. The van der Waals surface area contributed by atoms with Gasteiger partial charge >= 0.3 is 0 Å². The highest BCUT2D eigenvalue weighted by Gasteiger charge is 2.10. The van der Waals surface area contributed by atoms with E-state index in [1.165, 1.54) is 18.2 Å². The van der Waals surface area contributed by atoms with E-state index < -0.39 is 10.0 Å². The summed E-state index contributed by atoms with van der Waals surface area (Å²) in [7, 11) is -3.38. The Morgan fingerprint density at radius 3 is 2.69 bits per heavy atom. The molecule has 0 spiro atoms. The Kier molecular flexibility index (Phi) is 4.26. The summed E-state index contributed by atoms with van der Waals surface area (Å²) in [6.45, 7) is 1.90. The first-order valence-electron chi connectivity index (χ1n) is 4.91. The summed E-state index contributed by atoms with van der Waals surface area (Å²) in [4.78, 5) is 0. The number of hydrogen-bond acceptors (Lipinski definition) is 3. The van der Waals surface area contributed by atoms with Crippen LogP contribution in [0.15, 0.2) is 18.2 Å². The maximum atomic E-state index is 12.9. The van der Waals surface area contributed by atoms with Gasteiger partial charge in [0.15, 0.2) is 0 Å². The second-order valence-corrected chi connectivity index (χ2v) is 5.37. The number of nitrogens with one attached hydrogen (secondary N) is 1. The van der Waals surface area contributed by atoms with Crippen molar-refractivity contribution in [3.8, 4) is 0 Å². The summed E-state index contributed by atoms with van der Waals surface area (Å²) in [5, 5.41) is 0. The molecule has 0 fully saturated rings. The van der Waals surface area contributed by atoms with Gasteiger partial charge in [-0.3, -0.25) is 4.72 Å². The summed E-state index contributed by atoms with van der Waals surface area (Å²) >= 11 is 0. The molecule has 0 saturated carbocycles. The van der Waals surface area contributed by atoms with Crippen LogP contribution in [0.2, 0.25) is 0 Å². The van der Waals surface area contributed by atoms with Crippen LogP contribution in [0.5, 0.6) is 0 Å². The van der Waals surface area contributed by atoms with Crippen LogP contribution in [-0.4, -0.2) is 20.7 Å². The van der Waals surface area contributed by atoms with Crippen molar-refractivity contribution in [3.05, 3.63) is 29.6 Å². The first-order chi connectivity index (χ1) is 7.44. The summed E-state index contributed by atoms with van der Waals surface area (Å²) in [5.41, 5.74) is 6.00. The standard InChI is InChI=1S/C10H15FN2O2S/c1-8-7-9(3-4-10(8)11)13-16(14,15)6-2-5-12/h3-4,7,13H,2,5-6,12H2,1H3. The average molecular weight is 246 g/mol. The predicted octanol–water partition coefficient (Wildman–Crippen LogP) is 1.22. The van der Waals surface area contributed by atoms with E-state index in [1.807, 2.05) is 0 Å². The molecule has 0 unspecified atom stereocenters. The number of sulfonamides is 1. The third-order valence-electron chi connectivity index (χ3n) is 2.05. The topological polar surface area (TPSA) is 72.2 Å². The van der Waals surface area contributed by atoms with Gasteiger partial charge in [-0.2, -0.15) is 0 Å². The Labute approximate surface area is 94.7 Å². The monoisotopic (exact) mass is 246 g/mol.